The highest BCUT2D eigenvalue weighted by atomic mass is 16.5. The van der Waals surface area contributed by atoms with E-state index in [0.717, 1.165) is 51.4 Å². The molecule has 0 bridgehead atoms. The third-order valence-corrected chi connectivity index (χ3v) is 12.1. The first kappa shape index (κ1) is 55.7. The first-order valence-electron chi connectivity index (χ1n) is 24.9. The van der Waals surface area contributed by atoms with Crippen LogP contribution in [0.4, 0.5) is 0 Å². The van der Waals surface area contributed by atoms with E-state index >= 15 is 0 Å². The standard InChI is InChI=1S/C48H91N3O9/c1-3-5-7-9-11-13-15-17-18-19-20-22-24-26-31-35-43(55)51(37-33-29-25-23-21-16-14-12-10-8-6-4-2)48-45(47(59)46(58)40(39-52)60-48)50-42(54)38-49-41(53)34-30-27-28-32-36-44(56)57/h40,45-48,52,58-59H,3-39H2,1-2H3,(H,49,53)(H,50,54)(H,56,57)/t40-,45-,46-,47-,48-/m1/s1. The SMILES string of the molecule is CCCCCCCCCCCCCCCCCC(=O)N(CCCCCCCCCCCCCC)[C@@H]1O[C@H](CO)[C@@H](O)[C@H](O)[C@H]1NC(=O)CNC(=O)CCCCCCC(=O)O. The summed E-state index contributed by atoms with van der Waals surface area (Å²) < 4.78 is 6.13. The van der Waals surface area contributed by atoms with Crippen LogP contribution in [0.2, 0.25) is 0 Å². The number of ether oxygens (including phenoxy) is 1. The van der Waals surface area contributed by atoms with Crippen LogP contribution in [0, 0.1) is 0 Å². The fourth-order valence-electron chi connectivity index (χ4n) is 8.25. The van der Waals surface area contributed by atoms with Gasteiger partial charge in [-0.15, -0.1) is 0 Å². The average molecular weight is 854 g/mol. The van der Waals surface area contributed by atoms with Crippen molar-refractivity contribution in [3.8, 4) is 0 Å². The number of aliphatic carboxylic acids is 1. The number of carbonyl (C=O) groups is 4. The number of carboxylic acid groups (broad SMARTS) is 1. The summed E-state index contributed by atoms with van der Waals surface area (Å²) in [6.07, 6.45) is 30.3. The zero-order valence-corrected chi connectivity index (χ0v) is 38.3. The lowest BCUT2D eigenvalue weighted by atomic mass is 9.94. The molecule has 12 heteroatoms. The molecule has 0 aliphatic carbocycles. The van der Waals surface area contributed by atoms with Gasteiger partial charge in [-0.2, -0.15) is 0 Å². The summed E-state index contributed by atoms with van der Waals surface area (Å²) in [5, 5.41) is 46.2. The lowest BCUT2D eigenvalue weighted by Gasteiger charge is -2.47. The van der Waals surface area contributed by atoms with Gasteiger partial charge in [-0.1, -0.05) is 187 Å². The van der Waals surface area contributed by atoms with Crippen molar-refractivity contribution in [2.45, 2.75) is 263 Å². The lowest BCUT2D eigenvalue weighted by molar-refractivity contribution is -0.231. The predicted octanol–water partition coefficient (Wildman–Crippen LogP) is 9.24. The Morgan fingerprint density at radius 1 is 0.517 bits per heavy atom. The molecule has 0 aromatic carbocycles. The van der Waals surface area contributed by atoms with E-state index in [4.69, 9.17) is 9.84 Å². The van der Waals surface area contributed by atoms with Gasteiger partial charge in [0.15, 0.2) is 6.23 Å². The van der Waals surface area contributed by atoms with Gasteiger partial charge in [0.25, 0.3) is 0 Å². The van der Waals surface area contributed by atoms with Crippen LogP contribution >= 0.6 is 0 Å². The van der Waals surface area contributed by atoms with E-state index in [1.807, 2.05) is 0 Å². The van der Waals surface area contributed by atoms with Gasteiger partial charge in [0, 0.05) is 25.8 Å². The molecule has 3 amide bonds. The summed E-state index contributed by atoms with van der Waals surface area (Å²) >= 11 is 0. The average Bonchev–Trinajstić information content (AvgIpc) is 3.23. The van der Waals surface area contributed by atoms with Crippen molar-refractivity contribution in [3.05, 3.63) is 0 Å². The highest BCUT2D eigenvalue weighted by molar-refractivity contribution is 5.85. The number of aliphatic hydroxyl groups is 3. The molecule has 1 rings (SSSR count). The fraction of sp³-hybridized carbons (Fsp3) is 0.917. The van der Waals surface area contributed by atoms with Crippen LogP contribution in [0.15, 0.2) is 0 Å². The minimum Gasteiger partial charge on any atom is -0.481 e. The number of hydrogen-bond donors (Lipinski definition) is 6. The van der Waals surface area contributed by atoms with Crippen LogP contribution in [0.25, 0.3) is 0 Å². The fourth-order valence-corrected chi connectivity index (χ4v) is 8.25. The van der Waals surface area contributed by atoms with Gasteiger partial charge < -0.3 is 40.7 Å². The Kier molecular flexibility index (Phi) is 35.7. The van der Waals surface area contributed by atoms with Crippen LogP contribution in [0.1, 0.15) is 232 Å². The molecule has 0 unspecified atom stereocenters. The molecule has 6 N–H and O–H groups in total. The molecule has 0 radical (unpaired) electrons. The summed E-state index contributed by atoms with van der Waals surface area (Å²) in [7, 11) is 0. The Labute approximate surface area is 365 Å². The molecular formula is C48H91N3O9. The molecule has 60 heavy (non-hydrogen) atoms. The second-order valence-corrected chi connectivity index (χ2v) is 17.6. The van der Waals surface area contributed by atoms with E-state index in [1.54, 1.807) is 4.90 Å². The minimum atomic E-state index is -1.52. The Morgan fingerprint density at radius 2 is 0.917 bits per heavy atom. The van der Waals surface area contributed by atoms with E-state index in [1.165, 1.54) is 122 Å². The number of carboxylic acids is 1. The summed E-state index contributed by atoms with van der Waals surface area (Å²) in [6, 6.07) is -1.18. The van der Waals surface area contributed by atoms with Crippen LogP contribution in [-0.4, -0.2) is 99.3 Å². The lowest BCUT2D eigenvalue weighted by Crippen LogP contribution is -2.69. The zero-order chi connectivity index (χ0) is 44.1. The molecule has 1 heterocycles. The maximum Gasteiger partial charge on any atom is 0.303 e. The maximum absolute atomic E-state index is 14.0. The number of rotatable bonds is 41. The van der Waals surface area contributed by atoms with E-state index in [0.29, 0.717) is 38.6 Å². The van der Waals surface area contributed by atoms with E-state index < -0.39 is 49.1 Å². The van der Waals surface area contributed by atoms with Gasteiger partial charge in [-0.3, -0.25) is 19.2 Å². The summed E-state index contributed by atoms with van der Waals surface area (Å²) in [5.74, 6) is -1.91. The molecule has 1 saturated heterocycles. The topological polar surface area (TPSA) is 186 Å². The highest BCUT2D eigenvalue weighted by Crippen LogP contribution is 2.26. The van der Waals surface area contributed by atoms with Crippen molar-refractivity contribution in [2.75, 3.05) is 19.7 Å². The highest BCUT2D eigenvalue weighted by Gasteiger charge is 2.48. The predicted molar refractivity (Wildman–Crippen MR) is 240 cm³/mol. The largest absolute Gasteiger partial charge is 0.481 e. The molecule has 0 aromatic heterocycles. The van der Waals surface area contributed by atoms with Gasteiger partial charge in [-0.25, -0.2) is 0 Å². The molecule has 1 aliphatic heterocycles. The molecule has 5 atom stereocenters. The zero-order valence-electron chi connectivity index (χ0n) is 38.3. The minimum absolute atomic E-state index is 0.0970. The second kappa shape index (κ2) is 38.4. The van der Waals surface area contributed by atoms with Gasteiger partial charge in [0.1, 0.15) is 24.4 Å². The smallest absolute Gasteiger partial charge is 0.303 e. The third-order valence-electron chi connectivity index (χ3n) is 12.1. The van der Waals surface area contributed by atoms with Crippen LogP contribution in [0.5, 0.6) is 0 Å². The first-order valence-corrected chi connectivity index (χ1v) is 24.9. The third kappa shape index (κ3) is 28.3. The van der Waals surface area contributed by atoms with Crippen LogP contribution < -0.4 is 10.6 Å². The number of amides is 3. The number of carbonyl (C=O) groups excluding carboxylic acids is 3. The van der Waals surface area contributed by atoms with Gasteiger partial charge in [0.05, 0.1) is 13.2 Å². The summed E-state index contributed by atoms with van der Waals surface area (Å²) in [4.78, 5) is 51.9. The molecule has 1 fully saturated rings. The van der Waals surface area contributed by atoms with E-state index in [9.17, 15) is 34.5 Å². The Hall–Kier alpha value is -2.28. The summed E-state index contributed by atoms with van der Waals surface area (Å²) in [6.45, 7) is 3.92. The molecular weight excluding hydrogens is 763 g/mol. The van der Waals surface area contributed by atoms with Crippen molar-refractivity contribution >= 4 is 23.7 Å². The number of hydrogen-bond acceptors (Lipinski definition) is 8. The first-order chi connectivity index (χ1) is 29.2. The number of nitrogens with one attached hydrogen (secondary N) is 2. The van der Waals surface area contributed by atoms with Gasteiger partial charge >= 0.3 is 5.97 Å². The second-order valence-electron chi connectivity index (χ2n) is 17.6. The Morgan fingerprint density at radius 3 is 1.35 bits per heavy atom. The number of nitrogens with zero attached hydrogens (tertiary/aromatic N) is 1. The van der Waals surface area contributed by atoms with Crippen molar-refractivity contribution in [1.29, 1.82) is 0 Å². The maximum atomic E-state index is 14.0. The monoisotopic (exact) mass is 854 g/mol. The number of aliphatic hydroxyl groups excluding tert-OH is 3. The van der Waals surface area contributed by atoms with Crippen LogP contribution in [-0.2, 0) is 23.9 Å². The van der Waals surface area contributed by atoms with Crippen molar-refractivity contribution < 1.29 is 44.3 Å². The molecule has 12 nitrogen and oxygen atoms in total. The van der Waals surface area contributed by atoms with Crippen molar-refractivity contribution in [1.82, 2.24) is 15.5 Å². The van der Waals surface area contributed by atoms with Crippen LogP contribution in [0.3, 0.4) is 0 Å². The quantitative estimate of drug-likeness (QED) is 0.0326. The summed E-state index contributed by atoms with van der Waals surface area (Å²) in [5.41, 5.74) is 0. The number of unbranched alkanes of at least 4 members (excludes halogenated alkanes) is 28. The molecule has 0 saturated carbocycles. The Bertz CT molecular complexity index is 1080. The molecule has 0 aromatic rings. The van der Waals surface area contributed by atoms with Crippen molar-refractivity contribution in [3.63, 3.8) is 0 Å². The van der Waals surface area contributed by atoms with E-state index in [-0.39, 0.29) is 31.2 Å². The van der Waals surface area contributed by atoms with Crippen molar-refractivity contribution in [2.24, 2.45) is 0 Å². The normalized spacial score (nSPS) is 19.0. The Balaban J connectivity index is 2.74. The van der Waals surface area contributed by atoms with Gasteiger partial charge in [0.2, 0.25) is 17.7 Å². The van der Waals surface area contributed by atoms with E-state index in [2.05, 4.69) is 24.5 Å². The molecule has 1 aliphatic rings. The molecule has 352 valence electrons. The van der Waals surface area contributed by atoms with Gasteiger partial charge in [-0.05, 0) is 25.7 Å². The molecule has 0 spiro atoms.